The summed E-state index contributed by atoms with van der Waals surface area (Å²) in [6.07, 6.45) is 2.16. The number of carbonyl (C=O) groups excluding carboxylic acids is 2. The summed E-state index contributed by atoms with van der Waals surface area (Å²) in [5.74, 6) is -0.843. The van der Waals surface area contributed by atoms with Gasteiger partial charge in [0, 0.05) is 28.2 Å². The van der Waals surface area contributed by atoms with Gasteiger partial charge in [-0.05, 0) is 77.2 Å². The molecule has 1 aliphatic carbocycles. The number of benzene rings is 2. The van der Waals surface area contributed by atoms with E-state index in [1.807, 2.05) is 30.1 Å². The lowest BCUT2D eigenvalue weighted by molar-refractivity contribution is -0.131. The average molecular weight is 547 g/mol. The van der Waals surface area contributed by atoms with Crippen molar-refractivity contribution in [2.45, 2.75) is 45.7 Å². The van der Waals surface area contributed by atoms with Crippen LogP contribution in [0.25, 0.3) is 5.57 Å². The number of hydrazine groups is 1. The molecule has 32 heavy (non-hydrogen) atoms. The van der Waals surface area contributed by atoms with E-state index < -0.39 is 6.04 Å². The number of carbonyl (C=O) groups is 2. The van der Waals surface area contributed by atoms with E-state index in [0.717, 1.165) is 33.4 Å². The molecule has 0 saturated heterocycles. The summed E-state index contributed by atoms with van der Waals surface area (Å²) in [6.45, 7) is 5.51. The van der Waals surface area contributed by atoms with E-state index in [1.165, 1.54) is 12.1 Å². The van der Waals surface area contributed by atoms with Crippen LogP contribution >= 0.6 is 22.6 Å². The van der Waals surface area contributed by atoms with Crippen LogP contribution in [0.4, 0.5) is 4.39 Å². The fourth-order valence-electron chi connectivity index (χ4n) is 4.38. The molecule has 4 rings (SSSR count). The lowest BCUT2D eigenvalue weighted by Crippen LogP contribution is -2.44. The standard InChI is InChI=1S/C25H27FIN3O2/c1-3-12-28-30-14-20-18(8-5-9-21(20)27)23(15(30)2)25(32)29-24(19-10-11-22(19)31)16-6-4-7-17(26)13-16/h4-9,13,19,24,28H,3,10-12,14H2,1-2H3,(H,29,32)/t19?,24-/m1/s1. The van der Waals surface area contributed by atoms with E-state index in [9.17, 15) is 14.0 Å². The van der Waals surface area contributed by atoms with Gasteiger partial charge in [-0.2, -0.15) is 0 Å². The van der Waals surface area contributed by atoms with E-state index in [-0.39, 0.29) is 23.4 Å². The Hall–Kier alpha value is -2.26. The number of amides is 1. The summed E-state index contributed by atoms with van der Waals surface area (Å²) in [4.78, 5) is 26.0. The third-order valence-electron chi connectivity index (χ3n) is 6.26. The van der Waals surface area contributed by atoms with Crippen LogP contribution in [0, 0.1) is 15.3 Å². The van der Waals surface area contributed by atoms with E-state index in [0.29, 0.717) is 30.5 Å². The van der Waals surface area contributed by atoms with Crippen molar-refractivity contribution in [3.8, 4) is 0 Å². The van der Waals surface area contributed by atoms with Gasteiger partial charge < -0.3 is 10.3 Å². The maximum Gasteiger partial charge on any atom is 0.254 e. The molecule has 2 aromatic rings. The van der Waals surface area contributed by atoms with Gasteiger partial charge >= 0.3 is 0 Å². The Morgan fingerprint density at radius 1 is 1.28 bits per heavy atom. The summed E-state index contributed by atoms with van der Waals surface area (Å²) >= 11 is 2.30. The van der Waals surface area contributed by atoms with Gasteiger partial charge in [-0.25, -0.2) is 9.82 Å². The van der Waals surface area contributed by atoms with Gasteiger partial charge in [0.2, 0.25) is 0 Å². The van der Waals surface area contributed by atoms with Crippen molar-refractivity contribution in [1.82, 2.24) is 15.8 Å². The van der Waals surface area contributed by atoms with Crippen LogP contribution in [0.5, 0.6) is 0 Å². The molecule has 0 bridgehead atoms. The number of rotatable bonds is 7. The molecule has 0 aromatic heterocycles. The summed E-state index contributed by atoms with van der Waals surface area (Å²) in [5, 5.41) is 5.11. The summed E-state index contributed by atoms with van der Waals surface area (Å²) in [6, 6.07) is 11.6. The zero-order valence-electron chi connectivity index (χ0n) is 18.3. The molecule has 1 amide bonds. The predicted octanol–water partition coefficient (Wildman–Crippen LogP) is 4.73. The second kappa shape index (κ2) is 9.70. The highest BCUT2D eigenvalue weighted by atomic mass is 127. The lowest BCUT2D eigenvalue weighted by Gasteiger charge is -2.36. The Morgan fingerprint density at radius 3 is 2.72 bits per heavy atom. The topological polar surface area (TPSA) is 61.4 Å². The number of halogens is 2. The first-order valence-electron chi connectivity index (χ1n) is 11.0. The zero-order chi connectivity index (χ0) is 22.8. The molecule has 2 atom stereocenters. The molecule has 5 nitrogen and oxygen atoms in total. The molecule has 1 heterocycles. The van der Waals surface area contributed by atoms with Gasteiger partial charge in [0.05, 0.1) is 18.2 Å². The Labute approximate surface area is 201 Å². The number of Topliss-reactive ketones (excluding diaryl/α,β-unsaturated/α-hetero) is 1. The van der Waals surface area contributed by atoms with E-state index in [4.69, 9.17) is 0 Å². The van der Waals surface area contributed by atoms with Crippen LogP contribution in [0.15, 0.2) is 48.2 Å². The van der Waals surface area contributed by atoms with Gasteiger partial charge in [-0.15, -0.1) is 0 Å². The van der Waals surface area contributed by atoms with Gasteiger partial charge in [0.15, 0.2) is 0 Å². The molecule has 1 fully saturated rings. The van der Waals surface area contributed by atoms with Crippen LogP contribution < -0.4 is 10.7 Å². The minimum atomic E-state index is -0.551. The fourth-order valence-corrected chi connectivity index (χ4v) is 5.05. The number of allylic oxidation sites excluding steroid dienone is 1. The highest BCUT2D eigenvalue weighted by molar-refractivity contribution is 14.1. The van der Waals surface area contributed by atoms with Crippen molar-refractivity contribution in [3.63, 3.8) is 0 Å². The number of fused-ring (bicyclic) bond motifs is 1. The molecule has 168 valence electrons. The van der Waals surface area contributed by atoms with Crippen LogP contribution in [0.2, 0.25) is 0 Å². The van der Waals surface area contributed by atoms with Crippen molar-refractivity contribution in [2.75, 3.05) is 6.54 Å². The first-order valence-corrected chi connectivity index (χ1v) is 12.1. The van der Waals surface area contributed by atoms with Crippen molar-refractivity contribution >= 4 is 39.9 Å². The number of hydrogen-bond acceptors (Lipinski definition) is 4. The highest BCUT2D eigenvalue weighted by Gasteiger charge is 2.38. The maximum atomic E-state index is 14.0. The second-order valence-corrected chi connectivity index (χ2v) is 9.50. The second-order valence-electron chi connectivity index (χ2n) is 8.34. The molecule has 2 N–H and O–H groups in total. The Balaban J connectivity index is 1.71. The SMILES string of the molecule is CCCNN1Cc2c(I)cccc2C(C(=O)N[C@H](c2cccc(F)c2)C2CCC2=O)=C1C. The number of nitrogens with one attached hydrogen (secondary N) is 2. The minimum absolute atomic E-state index is 0.107. The van der Waals surface area contributed by atoms with E-state index in [2.05, 4.69) is 40.3 Å². The monoisotopic (exact) mass is 547 g/mol. The molecule has 1 unspecified atom stereocenters. The quantitative estimate of drug-likeness (QED) is 0.493. The molecule has 1 saturated carbocycles. The molecule has 0 radical (unpaired) electrons. The van der Waals surface area contributed by atoms with Crippen molar-refractivity contribution in [3.05, 3.63) is 74.2 Å². The van der Waals surface area contributed by atoms with Crippen LogP contribution in [0.1, 0.15) is 55.8 Å². The Morgan fingerprint density at radius 2 is 2.06 bits per heavy atom. The van der Waals surface area contributed by atoms with Crippen molar-refractivity contribution in [1.29, 1.82) is 0 Å². The molecule has 7 heteroatoms. The summed E-state index contributed by atoms with van der Waals surface area (Å²) in [5.41, 5.74) is 7.44. The van der Waals surface area contributed by atoms with Crippen LogP contribution in [-0.2, 0) is 16.1 Å². The first-order chi connectivity index (χ1) is 15.4. The van der Waals surface area contributed by atoms with Crippen molar-refractivity contribution < 1.29 is 14.0 Å². The van der Waals surface area contributed by atoms with Gasteiger partial charge in [-0.1, -0.05) is 31.2 Å². The predicted molar refractivity (Wildman–Crippen MR) is 131 cm³/mol. The van der Waals surface area contributed by atoms with Crippen molar-refractivity contribution in [2.24, 2.45) is 5.92 Å². The molecular weight excluding hydrogens is 520 g/mol. The summed E-state index contributed by atoms with van der Waals surface area (Å²) in [7, 11) is 0. The molecular formula is C25H27FIN3O2. The number of hydrogen-bond donors (Lipinski definition) is 2. The highest BCUT2D eigenvalue weighted by Crippen LogP contribution is 2.38. The minimum Gasteiger partial charge on any atom is -0.344 e. The maximum absolute atomic E-state index is 14.0. The van der Waals surface area contributed by atoms with E-state index >= 15 is 0 Å². The molecule has 2 aliphatic rings. The third kappa shape index (κ3) is 4.45. The largest absolute Gasteiger partial charge is 0.344 e. The van der Waals surface area contributed by atoms with E-state index in [1.54, 1.807) is 12.1 Å². The Bertz CT molecular complexity index is 1080. The zero-order valence-corrected chi connectivity index (χ0v) is 20.4. The lowest BCUT2D eigenvalue weighted by atomic mass is 9.75. The smallest absolute Gasteiger partial charge is 0.254 e. The molecule has 1 aliphatic heterocycles. The number of ketones is 1. The summed E-state index contributed by atoms with van der Waals surface area (Å²) < 4.78 is 15.0. The molecule has 0 spiro atoms. The van der Waals surface area contributed by atoms with Gasteiger partial charge in [-0.3, -0.25) is 9.59 Å². The molecule has 2 aromatic carbocycles. The van der Waals surface area contributed by atoms with Gasteiger partial charge in [0.1, 0.15) is 11.6 Å². The number of nitrogens with zero attached hydrogens (tertiary/aromatic N) is 1. The van der Waals surface area contributed by atoms with Crippen LogP contribution in [0.3, 0.4) is 0 Å². The first kappa shape index (κ1) is 22.9. The Kier molecular flexibility index (Phi) is 6.95. The third-order valence-corrected chi connectivity index (χ3v) is 7.27. The fraction of sp³-hybridized carbons (Fsp3) is 0.360. The average Bonchev–Trinajstić information content (AvgIpc) is 2.76. The van der Waals surface area contributed by atoms with Crippen LogP contribution in [-0.4, -0.2) is 23.2 Å². The normalized spacial score (nSPS) is 18.8. The van der Waals surface area contributed by atoms with Gasteiger partial charge in [0.25, 0.3) is 5.91 Å².